The first-order valence-corrected chi connectivity index (χ1v) is 5.10. The molecule has 1 aromatic rings. The second-order valence-corrected chi connectivity index (χ2v) is 3.46. The molecule has 0 saturated carbocycles. The Morgan fingerprint density at radius 2 is 2.20 bits per heavy atom. The zero-order valence-corrected chi connectivity index (χ0v) is 9.25. The van der Waals surface area contributed by atoms with Crippen LogP contribution in [0, 0.1) is 0 Å². The first kappa shape index (κ1) is 11.5. The SMILES string of the molecule is C=Cc1cc(CCC)cc(OC(C)=O)c1. The Balaban J connectivity index is 2.99. The molecule has 0 N–H and O–H groups in total. The predicted octanol–water partition coefficient (Wildman–Crippen LogP) is 3.21. The third-order valence-corrected chi connectivity index (χ3v) is 2.02. The third-order valence-electron chi connectivity index (χ3n) is 2.02. The molecule has 0 amide bonds. The summed E-state index contributed by atoms with van der Waals surface area (Å²) in [6.07, 6.45) is 3.81. The minimum atomic E-state index is -0.293. The summed E-state index contributed by atoms with van der Waals surface area (Å²) >= 11 is 0. The van der Waals surface area contributed by atoms with Crippen molar-refractivity contribution in [2.75, 3.05) is 0 Å². The second-order valence-electron chi connectivity index (χ2n) is 3.46. The van der Waals surface area contributed by atoms with Gasteiger partial charge in [0.2, 0.25) is 0 Å². The van der Waals surface area contributed by atoms with E-state index in [1.54, 1.807) is 6.08 Å². The van der Waals surface area contributed by atoms with Crippen LogP contribution in [0.25, 0.3) is 6.08 Å². The maximum Gasteiger partial charge on any atom is 0.308 e. The van der Waals surface area contributed by atoms with Crippen molar-refractivity contribution in [2.45, 2.75) is 26.7 Å². The van der Waals surface area contributed by atoms with Crippen molar-refractivity contribution in [1.29, 1.82) is 0 Å². The average Bonchev–Trinajstić information content (AvgIpc) is 2.16. The summed E-state index contributed by atoms with van der Waals surface area (Å²) in [6, 6.07) is 5.77. The summed E-state index contributed by atoms with van der Waals surface area (Å²) in [5.74, 6) is 0.307. The number of aryl methyl sites for hydroxylation is 1. The van der Waals surface area contributed by atoms with Crippen molar-refractivity contribution in [3.8, 4) is 5.75 Å². The van der Waals surface area contributed by atoms with Crippen molar-refractivity contribution < 1.29 is 9.53 Å². The van der Waals surface area contributed by atoms with Gasteiger partial charge in [0, 0.05) is 6.92 Å². The molecule has 0 unspecified atom stereocenters. The Morgan fingerprint density at radius 1 is 1.47 bits per heavy atom. The molecule has 0 fully saturated rings. The van der Waals surface area contributed by atoms with Gasteiger partial charge in [-0.3, -0.25) is 4.79 Å². The molecule has 0 spiro atoms. The first-order valence-electron chi connectivity index (χ1n) is 5.10. The van der Waals surface area contributed by atoms with Gasteiger partial charge in [-0.05, 0) is 29.7 Å². The van der Waals surface area contributed by atoms with E-state index in [4.69, 9.17) is 4.74 Å². The number of esters is 1. The monoisotopic (exact) mass is 204 g/mol. The molecule has 0 aliphatic carbocycles. The minimum Gasteiger partial charge on any atom is -0.427 e. The normalized spacial score (nSPS) is 9.73. The summed E-state index contributed by atoms with van der Waals surface area (Å²) < 4.78 is 5.06. The number of ether oxygens (including phenoxy) is 1. The lowest BCUT2D eigenvalue weighted by atomic mass is 10.1. The molecule has 0 bridgehead atoms. The number of hydrogen-bond donors (Lipinski definition) is 0. The maximum atomic E-state index is 10.8. The lowest BCUT2D eigenvalue weighted by Gasteiger charge is -2.06. The topological polar surface area (TPSA) is 26.3 Å². The van der Waals surface area contributed by atoms with Crippen LogP contribution in [0.5, 0.6) is 5.75 Å². The van der Waals surface area contributed by atoms with E-state index in [-0.39, 0.29) is 5.97 Å². The smallest absolute Gasteiger partial charge is 0.308 e. The molecule has 0 aliphatic rings. The summed E-state index contributed by atoms with van der Waals surface area (Å²) in [6.45, 7) is 7.23. The molecular weight excluding hydrogens is 188 g/mol. The highest BCUT2D eigenvalue weighted by Crippen LogP contribution is 2.19. The van der Waals surface area contributed by atoms with E-state index in [1.165, 1.54) is 12.5 Å². The highest BCUT2D eigenvalue weighted by Gasteiger charge is 2.02. The molecule has 0 radical (unpaired) electrons. The van der Waals surface area contributed by atoms with Crippen molar-refractivity contribution in [2.24, 2.45) is 0 Å². The van der Waals surface area contributed by atoms with E-state index in [2.05, 4.69) is 19.6 Å². The van der Waals surface area contributed by atoms with E-state index >= 15 is 0 Å². The molecule has 1 rings (SSSR count). The van der Waals surface area contributed by atoms with Crippen LogP contribution in [-0.2, 0) is 11.2 Å². The fraction of sp³-hybridized carbons (Fsp3) is 0.308. The van der Waals surface area contributed by atoms with E-state index in [0.717, 1.165) is 18.4 Å². The molecule has 1 aromatic carbocycles. The van der Waals surface area contributed by atoms with Crippen LogP contribution in [0.4, 0.5) is 0 Å². The van der Waals surface area contributed by atoms with Crippen LogP contribution in [0.15, 0.2) is 24.8 Å². The molecule has 0 aromatic heterocycles. The number of carbonyl (C=O) groups is 1. The Morgan fingerprint density at radius 3 is 2.73 bits per heavy atom. The Kier molecular flexibility index (Phi) is 4.10. The van der Waals surface area contributed by atoms with Gasteiger partial charge in [0.15, 0.2) is 0 Å². The largest absolute Gasteiger partial charge is 0.427 e. The fourth-order valence-corrected chi connectivity index (χ4v) is 1.46. The van der Waals surface area contributed by atoms with Gasteiger partial charge in [-0.1, -0.05) is 32.1 Å². The van der Waals surface area contributed by atoms with Gasteiger partial charge in [-0.15, -0.1) is 0 Å². The Bertz CT molecular complexity index is 367. The van der Waals surface area contributed by atoms with Gasteiger partial charge in [0.05, 0.1) is 0 Å². The number of rotatable bonds is 4. The lowest BCUT2D eigenvalue weighted by molar-refractivity contribution is -0.131. The molecule has 0 atom stereocenters. The van der Waals surface area contributed by atoms with Crippen molar-refractivity contribution >= 4 is 12.0 Å². The minimum absolute atomic E-state index is 0.293. The summed E-state index contributed by atoms with van der Waals surface area (Å²) in [5.41, 5.74) is 2.16. The Labute approximate surface area is 90.6 Å². The van der Waals surface area contributed by atoms with Gasteiger partial charge in [-0.25, -0.2) is 0 Å². The van der Waals surface area contributed by atoms with Crippen molar-refractivity contribution in [1.82, 2.24) is 0 Å². The van der Waals surface area contributed by atoms with Crippen molar-refractivity contribution in [3.63, 3.8) is 0 Å². The van der Waals surface area contributed by atoms with Gasteiger partial charge < -0.3 is 4.74 Å². The molecule has 0 heterocycles. The average molecular weight is 204 g/mol. The van der Waals surface area contributed by atoms with Gasteiger partial charge in [-0.2, -0.15) is 0 Å². The molecule has 80 valence electrons. The van der Waals surface area contributed by atoms with Gasteiger partial charge >= 0.3 is 5.97 Å². The maximum absolute atomic E-state index is 10.8. The second kappa shape index (κ2) is 5.35. The highest BCUT2D eigenvalue weighted by molar-refractivity contribution is 5.69. The van der Waals surface area contributed by atoms with E-state index in [9.17, 15) is 4.79 Å². The zero-order valence-electron chi connectivity index (χ0n) is 9.25. The summed E-state index contributed by atoms with van der Waals surface area (Å²) in [7, 11) is 0. The van der Waals surface area contributed by atoms with E-state index < -0.39 is 0 Å². The van der Waals surface area contributed by atoms with Crippen molar-refractivity contribution in [3.05, 3.63) is 35.9 Å². The van der Waals surface area contributed by atoms with Gasteiger partial charge in [0.1, 0.15) is 5.75 Å². The molecule has 15 heavy (non-hydrogen) atoms. The van der Waals surface area contributed by atoms with Crippen LogP contribution >= 0.6 is 0 Å². The molecule has 0 aliphatic heterocycles. The van der Waals surface area contributed by atoms with Gasteiger partial charge in [0.25, 0.3) is 0 Å². The molecule has 2 nitrogen and oxygen atoms in total. The standard InChI is InChI=1S/C13H16O2/c1-4-6-12-7-11(5-2)8-13(9-12)15-10(3)14/h5,7-9H,2,4,6H2,1,3H3. The van der Waals surface area contributed by atoms with Crippen LogP contribution in [0.2, 0.25) is 0 Å². The molecule has 2 heteroatoms. The fourth-order valence-electron chi connectivity index (χ4n) is 1.46. The zero-order chi connectivity index (χ0) is 11.3. The highest BCUT2D eigenvalue weighted by atomic mass is 16.5. The Hall–Kier alpha value is -1.57. The van der Waals surface area contributed by atoms with E-state index in [0.29, 0.717) is 5.75 Å². The predicted molar refractivity (Wildman–Crippen MR) is 61.8 cm³/mol. The summed E-state index contributed by atoms with van der Waals surface area (Å²) in [5, 5.41) is 0. The van der Waals surface area contributed by atoms with Crippen LogP contribution in [0.3, 0.4) is 0 Å². The quantitative estimate of drug-likeness (QED) is 0.556. The summed E-state index contributed by atoms with van der Waals surface area (Å²) in [4.78, 5) is 10.8. The molecule has 0 saturated heterocycles. The number of hydrogen-bond acceptors (Lipinski definition) is 2. The number of benzene rings is 1. The van der Waals surface area contributed by atoms with Crippen LogP contribution < -0.4 is 4.74 Å². The lowest BCUT2D eigenvalue weighted by Crippen LogP contribution is -2.02. The van der Waals surface area contributed by atoms with Crippen LogP contribution in [0.1, 0.15) is 31.4 Å². The molecular formula is C13H16O2. The third kappa shape index (κ3) is 3.58. The van der Waals surface area contributed by atoms with E-state index in [1.807, 2.05) is 12.1 Å². The number of carbonyl (C=O) groups excluding carboxylic acids is 1. The first-order chi connectivity index (χ1) is 7.15. The van der Waals surface area contributed by atoms with Crippen LogP contribution in [-0.4, -0.2) is 5.97 Å².